The van der Waals surface area contributed by atoms with Crippen molar-refractivity contribution in [3.8, 4) is 0 Å². The quantitative estimate of drug-likeness (QED) is 0.897. The molecule has 0 aliphatic carbocycles. The molecule has 0 saturated carbocycles. The highest BCUT2D eigenvalue weighted by molar-refractivity contribution is 5.96. The van der Waals surface area contributed by atoms with Gasteiger partial charge in [-0.1, -0.05) is 6.07 Å². The summed E-state index contributed by atoms with van der Waals surface area (Å²) in [5.41, 5.74) is -1.38. The zero-order valence-electron chi connectivity index (χ0n) is 11.6. The van der Waals surface area contributed by atoms with Gasteiger partial charge in [-0.2, -0.15) is 13.2 Å². The van der Waals surface area contributed by atoms with E-state index in [0.29, 0.717) is 19.5 Å². The van der Waals surface area contributed by atoms with Gasteiger partial charge in [0, 0.05) is 19.3 Å². The van der Waals surface area contributed by atoms with E-state index in [1.54, 1.807) is 0 Å². The van der Waals surface area contributed by atoms with Crippen molar-refractivity contribution in [2.24, 2.45) is 5.41 Å². The molecule has 4 nitrogen and oxygen atoms in total. The topological polar surface area (TPSA) is 50.4 Å². The molecule has 7 heteroatoms. The minimum Gasteiger partial charge on any atom is -0.384 e. The first-order valence-electron chi connectivity index (χ1n) is 6.56. The molecule has 116 valence electrons. The lowest BCUT2D eigenvalue weighted by Crippen LogP contribution is -2.41. The molecule has 21 heavy (non-hydrogen) atoms. The summed E-state index contributed by atoms with van der Waals surface area (Å²) in [7, 11) is 1.50. The van der Waals surface area contributed by atoms with Crippen molar-refractivity contribution in [3.63, 3.8) is 0 Å². The van der Waals surface area contributed by atoms with Crippen LogP contribution in [0.4, 0.5) is 18.9 Å². The van der Waals surface area contributed by atoms with Gasteiger partial charge in [-0.3, -0.25) is 4.79 Å². The number of hydrogen-bond acceptors (Lipinski definition) is 3. The average Bonchev–Trinajstić information content (AvgIpc) is 2.88. The van der Waals surface area contributed by atoms with Crippen molar-refractivity contribution in [2.45, 2.75) is 12.6 Å². The summed E-state index contributed by atoms with van der Waals surface area (Å²) in [6.07, 6.45) is -3.84. The number of alkyl halides is 3. The minimum absolute atomic E-state index is 0.136. The fourth-order valence-electron chi connectivity index (χ4n) is 2.44. The van der Waals surface area contributed by atoms with Gasteiger partial charge in [-0.15, -0.1) is 0 Å². The molecule has 0 aromatic heterocycles. The van der Waals surface area contributed by atoms with Gasteiger partial charge >= 0.3 is 6.18 Å². The van der Waals surface area contributed by atoms with Crippen LogP contribution in [-0.2, 0) is 15.7 Å². The van der Waals surface area contributed by atoms with E-state index in [1.807, 2.05) is 0 Å². The molecule has 0 radical (unpaired) electrons. The van der Waals surface area contributed by atoms with Crippen LogP contribution < -0.4 is 10.6 Å². The van der Waals surface area contributed by atoms with Gasteiger partial charge in [0.25, 0.3) is 0 Å². The highest BCUT2D eigenvalue weighted by Crippen LogP contribution is 2.32. The largest absolute Gasteiger partial charge is 0.416 e. The Balaban J connectivity index is 2.15. The van der Waals surface area contributed by atoms with E-state index in [-0.39, 0.29) is 18.2 Å². The van der Waals surface area contributed by atoms with E-state index in [0.717, 1.165) is 12.1 Å². The Morgan fingerprint density at radius 3 is 2.81 bits per heavy atom. The van der Waals surface area contributed by atoms with Gasteiger partial charge in [0.05, 0.1) is 17.6 Å². The molecule has 0 bridgehead atoms. The maximum Gasteiger partial charge on any atom is 0.416 e. The molecule has 1 amide bonds. The molecule has 1 saturated heterocycles. The van der Waals surface area contributed by atoms with Gasteiger partial charge in [-0.05, 0) is 31.2 Å². The van der Waals surface area contributed by atoms with Crippen molar-refractivity contribution in [1.82, 2.24) is 5.32 Å². The second kappa shape index (κ2) is 6.03. The lowest BCUT2D eigenvalue weighted by molar-refractivity contribution is -0.137. The summed E-state index contributed by atoms with van der Waals surface area (Å²) in [4.78, 5) is 12.4. The molecular weight excluding hydrogens is 285 g/mol. The highest BCUT2D eigenvalue weighted by atomic mass is 19.4. The van der Waals surface area contributed by atoms with Gasteiger partial charge in [0.15, 0.2) is 0 Å². The number of carbonyl (C=O) groups excluding carboxylic acids is 1. The van der Waals surface area contributed by atoms with Crippen LogP contribution in [0.1, 0.15) is 12.0 Å². The molecule has 1 unspecified atom stereocenters. The van der Waals surface area contributed by atoms with E-state index in [9.17, 15) is 18.0 Å². The number of amides is 1. The normalized spacial score (nSPS) is 22.3. The lowest BCUT2D eigenvalue weighted by Gasteiger charge is -2.26. The zero-order valence-corrected chi connectivity index (χ0v) is 11.6. The summed E-state index contributed by atoms with van der Waals surface area (Å²) in [6, 6.07) is 4.61. The average molecular weight is 302 g/mol. The molecule has 1 fully saturated rings. The molecule has 1 aliphatic heterocycles. The zero-order chi connectivity index (χ0) is 15.5. The minimum atomic E-state index is -4.43. The third-order valence-corrected chi connectivity index (χ3v) is 3.59. The van der Waals surface area contributed by atoms with Crippen molar-refractivity contribution in [3.05, 3.63) is 29.8 Å². The first kappa shape index (κ1) is 15.8. The number of benzene rings is 1. The van der Waals surface area contributed by atoms with Crippen LogP contribution in [0.5, 0.6) is 0 Å². The van der Waals surface area contributed by atoms with Crippen LogP contribution in [0.3, 0.4) is 0 Å². The van der Waals surface area contributed by atoms with Crippen LogP contribution in [0.25, 0.3) is 0 Å². The second-order valence-electron chi connectivity index (χ2n) is 5.17. The summed E-state index contributed by atoms with van der Waals surface area (Å²) in [6.45, 7) is 1.36. The van der Waals surface area contributed by atoms with E-state index in [1.165, 1.54) is 19.2 Å². The number of ether oxygens (including phenoxy) is 1. The molecular formula is C14H17F3N2O2. The van der Waals surface area contributed by atoms with Crippen LogP contribution in [0.2, 0.25) is 0 Å². The van der Waals surface area contributed by atoms with E-state index in [4.69, 9.17) is 4.74 Å². The van der Waals surface area contributed by atoms with Gasteiger partial charge in [0.1, 0.15) is 0 Å². The van der Waals surface area contributed by atoms with Crippen molar-refractivity contribution < 1.29 is 22.7 Å². The molecule has 1 atom stereocenters. The number of carbonyl (C=O) groups is 1. The number of anilines is 1. The third kappa shape index (κ3) is 3.54. The summed E-state index contributed by atoms with van der Waals surface area (Å²) in [5.74, 6) is -0.325. The predicted octanol–water partition coefficient (Wildman–Crippen LogP) is 2.27. The number of halogens is 3. The summed E-state index contributed by atoms with van der Waals surface area (Å²) < 4.78 is 43.1. The van der Waals surface area contributed by atoms with E-state index < -0.39 is 17.2 Å². The molecule has 1 aliphatic rings. The Bertz CT molecular complexity index is 511. The smallest absolute Gasteiger partial charge is 0.384 e. The first-order valence-corrected chi connectivity index (χ1v) is 6.56. The van der Waals surface area contributed by atoms with Crippen LogP contribution in [0.15, 0.2) is 24.3 Å². The van der Waals surface area contributed by atoms with Gasteiger partial charge < -0.3 is 15.4 Å². The van der Waals surface area contributed by atoms with Gasteiger partial charge in [0.2, 0.25) is 5.91 Å². The Kier molecular flexibility index (Phi) is 4.53. The molecule has 2 rings (SSSR count). The van der Waals surface area contributed by atoms with Crippen LogP contribution in [0, 0.1) is 5.41 Å². The lowest BCUT2D eigenvalue weighted by atomic mass is 9.87. The molecule has 0 spiro atoms. The van der Waals surface area contributed by atoms with Gasteiger partial charge in [-0.25, -0.2) is 0 Å². The standard InChI is InChI=1S/C14H17F3N2O2/c1-21-9-13(5-6-18-8-13)12(20)19-11-4-2-3-10(7-11)14(15,16)17/h2-4,7,18H,5-6,8-9H2,1H3,(H,19,20). The summed E-state index contributed by atoms with van der Waals surface area (Å²) in [5, 5.41) is 5.64. The fourth-order valence-corrected chi connectivity index (χ4v) is 2.44. The van der Waals surface area contributed by atoms with Crippen molar-refractivity contribution in [1.29, 1.82) is 0 Å². The Morgan fingerprint density at radius 2 is 2.24 bits per heavy atom. The Labute approximate surface area is 120 Å². The number of rotatable bonds is 4. The fraction of sp³-hybridized carbons (Fsp3) is 0.500. The number of hydrogen-bond donors (Lipinski definition) is 2. The maximum absolute atomic E-state index is 12.7. The Hall–Kier alpha value is -1.60. The SMILES string of the molecule is COCC1(C(=O)Nc2cccc(C(F)(F)F)c2)CCNC1. The Morgan fingerprint density at radius 1 is 1.48 bits per heavy atom. The van der Waals surface area contributed by atoms with E-state index >= 15 is 0 Å². The number of methoxy groups -OCH3 is 1. The third-order valence-electron chi connectivity index (χ3n) is 3.59. The molecule has 1 aromatic carbocycles. The highest BCUT2D eigenvalue weighted by Gasteiger charge is 2.41. The van der Waals surface area contributed by atoms with Crippen molar-refractivity contribution in [2.75, 3.05) is 32.1 Å². The monoisotopic (exact) mass is 302 g/mol. The predicted molar refractivity (Wildman–Crippen MR) is 71.9 cm³/mol. The molecule has 2 N–H and O–H groups in total. The van der Waals surface area contributed by atoms with Crippen LogP contribution >= 0.6 is 0 Å². The first-order chi connectivity index (χ1) is 9.87. The van der Waals surface area contributed by atoms with E-state index in [2.05, 4.69) is 10.6 Å². The summed E-state index contributed by atoms with van der Waals surface area (Å²) >= 11 is 0. The van der Waals surface area contributed by atoms with Crippen LogP contribution in [-0.4, -0.2) is 32.7 Å². The second-order valence-corrected chi connectivity index (χ2v) is 5.17. The number of nitrogens with one attached hydrogen (secondary N) is 2. The molecule has 1 heterocycles. The maximum atomic E-state index is 12.7. The van der Waals surface area contributed by atoms with Crippen molar-refractivity contribution >= 4 is 11.6 Å². The molecule has 1 aromatic rings.